The second kappa shape index (κ2) is 9.26. The van der Waals surface area contributed by atoms with Crippen LogP contribution in [0.4, 0.5) is 11.4 Å². The Morgan fingerprint density at radius 3 is 2.38 bits per heavy atom. The molecule has 1 aliphatic rings. The summed E-state index contributed by atoms with van der Waals surface area (Å²) in [6.45, 7) is 5.61. The van der Waals surface area contributed by atoms with Crippen LogP contribution in [0.25, 0.3) is 0 Å². The Morgan fingerprint density at radius 1 is 1.06 bits per heavy atom. The molecular weight excluding hydrogens is 452 g/mol. The Kier molecular flexibility index (Phi) is 6.39. The van der Waals surface area contributed by atoms with Crippen LogP contribution < -0.4 is 14.9 Å². The van der Waals surface area contributed by atoms with Crippen molar-refractivity contribution in [3.63, 3.8) is 0 Å². The van der Waals surface area contributed by atoms with Crippen LogP contribution in [0.1, 0.15) is 28.7 Å². The summed E-state index contributed by atoms with van der Waals surface area (Å²) in [5, 5.41) is 5.51. The zero-order valence-electron chi connectivity index (χ0n) is 19.2. The highest BCUT2D eigenvalue weighted by atomic mass is 32.2. The van der Waals surface area contributed by atoms with Gasteiger partial charge in [-0.05, 0) is 61.7 Å². The monoisotopic (exact) mass is 478 g/mol. The van der Waals surface area contributed by atoms with Crippen LogP contribution in [0.2, 0.25) is 0 Å². The van der Waals surface area contributed by atoms with Crippen LogP contribution in [0, 0.1) is 20.8 Å². The Hall–Kier alpha value is -3.72. The van der Waals surface area contributed by atoms with Crippen LogP contribution in [0.3, 0.4) is 0 Å². The van der Waals surface area contributed by atoms with Gasteiger partial charge in [0.15, 0.2) is 0 Å². The number of pyridine rings is 1. The number of fused-ring (bicyclic) bond motifs is 1. The first kappa shape index (κ1) is 23.4. The van der Waals surface area contributed by atoms with Gasteiger partial charge in [0.2, 0.25) is 11.8 Å². The number of anilines is 2. The maximum atomic E-state index is 14.0. The van der Waals surface area contributed by atoms with Crippen molar-refractivity contribution in [3.8, 4) is 0 Å². The molecule has 0 spiro atoms. The third-order valence-electron chi connectivity index (χ3n) is 5.72. The van der Waals surface area contributed by atoms with Gasteiger partial charge in [0, 0.05) is 18.9 Å². The molecule has 0 fully saturated rings. The fraction of sp³-hybridized carbons (Fsp3) is 0.240. The van der Waals surface area contributed by atoms with Crippen molar-refractivity contribution >= 4 is 33.2 Å². The third kappa shape index (κ3) is 4.51. The first-order valence-electron chi connectivity index (χ1n) is 10.9. The molecule has 1 atom stereocenters. The Labute approximate surface area is 199 Å². The predicted molar refractivity (Wildman–Crippen MR) is 130 cm³/mol. The summed E-state index contributed by atoms with van der Waals surface area (Å²) in [4.78, 5) is 30.0. The van der Waals surface area contributed by atoms with Gasteiger partial charge in [-0.3, -0.25) is 18.9 Å². The normalized spacial score (nSPS) is 15.4. The van der Waals surface area contributed by atoms with E-state index in [1.165, 1.54) is 0 Å². The summed E-state index contributed by atoms with van der Waals surface area (Å²) in [7, 11) is -4.16. The lowest BCUT2D eigenvalue weighted by Gasteiger charge is -2.37. The maximum absolute atomic E-state index is 14.0. The van der Waals surface area contributed by atoms with E-state index in [4.69, 9.17) is 0 Å². The van der Waals surface area contributed by atoms with E-state index in [1.54, 1.807) is 74.8 Å². The summed E-state index contributed by atoms with van der Waals surface area (Å²) in [5.74, 6) is -0.988. The number of carbonyl (C=O) groups is 2. The molecule has 8 nitrogen and oxygen atoms in total. The molecular formula is C25H26N4O4S. The van der Waals surface area contributed by atoms with Gasteiger partial charge in [0.05, 0.1) is 22.7 Å². The fourth-order valence-corrected chi connectivity index (χ4v) is 6.41. The topological polar surface area (TPSA) is 108 Å². The average molecular weight is 479 g/mol. The molecule has 0 saturated carbocycles. The number of nitrogens with zero attached hydrogens (tertiary/aromatic N) is 2. The van der Waals surface area contributed by atoms with Crippen molar-refractivity contribution < 1.29 is 18.0 Å². The number of nitrogens with one attached hydrogen (secondary N) is 2. The molecule has 34 heavy (non-hydrogen) atoms. The van der Waals surface area contributed by atoms with Crippen LogP contribution >= 0.6 is 0 Å². The van der Waals surface area contributed by atoms with Gasteiger partial charge in [-0.1, -0.05) is 29.8 Å². The van der Waals surface area contributed by atoms with Crippen LogP contribution in [-0.4, -0.2) is 31.3 Å². The number of para-hydroxylation sites is 2. The molecule has 0 bridgehead atoms. The zero-order chi connectivity index (χ0) is 24.5. The molecule has 2 heterocycles. The lowest BCUT2D eigenvalue weighted by atomic mass is 10.1. The first-order valence-corrected chi connectivity index (χ1v) is 12.3. The van der Waals surface area contributed by atoms with E-state index in [0.29, 0.717) is 22.5 Å². The maximum Gasteiger partial charge on any atom is 0.265 e. The van der Waals surface area contributed by atoms with Crippen molar-refractivity contribution in [1.82, 2.24) is 10.3 Å². The van der Waals surface area contributed by atoms with Crippen molar-refractivity contribution in [1.29, 1.82) is 0 Å². The van der Waals surface area contributed by atoms with Crippen molar-refractivity contribution in [2.24, 2.45) is 0 Å². The van der Waals surface area contributed by atoms with Gasteiger partial charge >= 0.3 is 0 Å². The summed E-state index contributed by atoms with van der Waals surface area (Å²) >= 11 is 0. The molecule has 1 aliphatic heterocycles. The van der Waals surface area contributed by atoms with E-state index in [1.807, 2.05) is 6.92 Å². The van der Waals surface area contributed by atoms with Gasteiger partial charge in [-0.2, -0.15) is 0 Å². The molecule has 2 N–H and O–H groups in total. The Morgan fingerprint density at radius 2 is 1.71 bits per heavy atom. The largest absolute Gasteiger partial charge is 0.352 e. The summed E-state index contributed by atoms with van der Waals surface area (Å²) in [5.41, 5.74) is 3.67. The molecule has 1 unspecified atom stereocenters. The van der Waals surface area contributed by atoms with E-state index in [0.717, 1.165) is 15.4 Å². The van der Waals surface area contributed by atoms with E-state index in [-0.39, 0.29) is 17.9 Å². The van der Waals surface area contributed by atoms with Gasteiger partial charge in [-0.25, -0.2) is 8.42 Å². The number of aromatic nitrogens is 1. The number of rotatable bonds is 6. The van der Waals surface area contributed by atoms with Crippen molar-refractivity contribution in [2.75, 3.05) is 9.62 Å². The standard InChI is InChI=1S/C25H26N4O4S/c1-16-12-17(2)24(18(3)13-16)34(32,33)29-21-7-5-4-6-20(21)28-25(31)22(29)14-23(30)27-15-19-8-10-26-11-9-19/h4-13,22H,14-15H2,1-3H3,(H,27,30)(H,28,31). The highest BCUT2D eigenvalue weighted by molar-refractivity contribution is 7.93. The molecule has 0 radical (unpaired) electrons. The number of carbonyl (C=O) groups excluding carboxylic acids is 2. The van der Waals surface area contributed by atoms with Crippen LogP contribution in [0.5, 0.6) is 0 Å². The lowest BCUT2D eigenvalue weighted by molar-refractivity contribution is -0.125. The molecule has 0 aliphatic carbocycles. The summed E-state index contributed by atoms with van der Waals surface area (Å²) in [6, 6.07) is 12.6. The molecule has 1 aromatic heterocycles. The average Bonchev–Trinajstić information content (AvgIpc) is 2.77. The number of amides is 2. The molecule has 2 aromatic carbocycles. The second-order valence-electron chi connectivity index (χ2n) is 8.39. The number of aryl methyl sites for hydroxylation is 3. The highest BCUT2D eigenvalue weighted by Crippen LogP contribution is 2.38. The lowest BCUT2D eigenvalue weighted by Crippen LogP contribution is -2.53. The van der Waals surface area contributed by atoms with Crippen molar-refractivity contribution in [2.45, 2.75) is 44.7 Å². The minimum absolute atomic E-state index is 0.143. The molecule has 0 saturated heterocycles. The van der Waals surface area contributed by atoms with Crippen molar-refractivity contribution in [3.05, 3.63) is 83.2 Å². The predicted octanol–water partition coefficient (Wildman–Crippen LogP) is 3.23. The number of sulfonamides is 1. The molecule has 3 aromatic rings. The number of benzene rings is 2. The molecule has 9 heteroatoms. The minimum atomic E-state index is -4.16. The van der Waals surface area contributed by atoms with Gasteiger partial charge in [-0.15, -0.1) is 0 Å². The van der Waals surface area contributed by atoms with E-state index in [2.05, 4.69) is 15.6 Å². The molecule has 176 valence electrons. The second-order valence-corrected chi connectivity index (χ2v) is 10.1. The van der Waals surface area contributed by atoms with Gasteiger partial charge in [0.1, 0.15) is 6.04 Å². The molecule has 4 rings (SSSR count). The minimum Gasteiger partial charge on any atom is -0.352 e. The number of hydrogen-bond acceptors (Lipinski definition) is 5. The Balaban J connectivity index is 1.72. The van der Waals surface area contributed by atoms with E-state index >= 15 is 0 Å². The highest BCUT2D eigenvalue weighted by Gasteiger charge is 2.42. The summed E-state index contributed by atoms with van der Waals surface area (Å²) < 4.78 is 29.1. The smallest absolute Gasteiger partial charge is 0.265 e. The first-order chi connectivity index (χ1) is 16.2. The van der Waals surface area contributed by atoms with Crippen LogP contribution in [0.15, 0.2) is 65.8 Å². The van der Waals surface area contributed by atoms with Crippen LogP contribution in [-0.2, 0) is 26.2 Å². The van der Waals surface area contributed by atoms with E-state index in [9.17, 15) is 18.0 Å². The Bertz CT molecular complexity index is 1330. The molecule has 2 amide bonds. The van der Waals surface area contributed by atoms with Gasteiger partial charge in [0.25, 0.3) is 10.0 Å². The fourth-order valence-electron chi connectivity index (χ4n) is 4.36. The van der Waals surface area contributed by atoms with Gasteiger partial charge < -0.3 is 10.6 Å². The number of hydrogen-bond donors (Lipinski definition) is 2. The van der Waals surface area contributed by atoms with E-state index < -0.39 is 27.9 Å². The summed E-state index contributed by atoms with van der Waals surface area (Å²) in [6.07, 6.45) is 2.91. The SMILES string of the molecule is Cc1cc(C)c(S(=O)(=O)N2c3ccccc3NC(=O)C2CC(=O)NCc2ccncc2)c(C)c1. The quantitative estimate of drug-likeness (QED) is 0.566. The third-order valence-corrected chi connectivity index (χ3v) is 7.85. The zero-order valence-corrected chi connectivity index (χ0v) is 20.0.